The van der Waals surface area contributed by atoms with Crippen LogP contribution in [0.3, 0.4) is 0 Å². The summed E-state index contributed by atoms with van der Waals surface area (Å²) in [4.78, 5) is 68.6. The van der Waals surface area contributed by atoms with Crippen LogP contribution < -0.4 is 21.3 Å². The molecule has 1 aromatic heterocycles. The summed E-state index contributed by atoms with van der Waals surface area (Å²) in [5, 5.41) is 10.8. The molecule has 4 N–H and O–H groups in total. The van der Waals surface area contributed by atoms with E-state index in [1.165, 1.54) is 31.5 Å². The number of hydrogen-bond acceptors (Lipinski definition) is 6. The Balaban J connectivity index is 1.64. The number of amides is 4. The molecule has 3 atom stereocenters. The molecule has 0 bridgehead atoms. The number of nitrogens with zero attached hydrogens (tertiary/aromatic N) is 1. The highest BCUT2D eigenvalue weighted by Gasteiger charge is 2.33. The van der Waals surface area contributed by atoms with E-state index >= 15 is 0 Å². The lowest BCUT2D eigenvalue weighted by atomic mass is 9.94. The lowest BCUT2D eigenvalue weighted by molar-refractivity contribution is -0.141. The molecule has 0 saturated heterocycles. The molecule has 1 aromatic carbocycles. The van der Waals surface area contributed by atoms with E-state index < -0.39 is 47.5 Å². The van der Waals surface area contributed by atoms with Gasteiger partial charge in [0.25, 0.3) is 11.8 Å². The molecule has 214 valence electrons. The van der Waals surface area contributed by atoms with Crippen LogP contribution in [0.1, 0.15) is 68.8 Å². The van der Waals surface area contributed by atoms with Gasteiger partial charge in [0.1, 0.15) is 12.1 Å². The molecule has 1 fully saturated rings. The Kier molecular flexibility index (Phi) is 11.4. The molecule has 0 unspecified atom stereocenters. The standard InChI is InChI=1S/C30H39N5O5/c1-19(2)25(26(36)30(40)33-23-12-8-5-9-13-23)35-27(37)20(3)32-29(39)24(18-21-10-6-4-7-11-21)34-28(38)22-14-16-31-17-15-22/h4,6-7,10-11,14-17,19-20,23-25H,5,8-9,12-13,18H2,1-3H3,(H,32,39)(H,33,40)(H,34,38)(H,35,37)/t20-,24+,25-/m0/s1. The maximum absolute atomic E-state index is 13.3. The minimum Gasteiger partial charge on any atom is -0.347 e. The van der Waals surface area contributed by atoms with Gasteiger partial charge in [-0.15, -0.1) is 0 Å². The monoisotopic (exact) mass is 549 g/mol. The summed E-state index contributed by atoms with van der Waals surface area (Å²) < 4.78 is 0. The molecule has 3 rings (SSSR count). The molecule has 1 heterocycles. The van der Waals surface area contributed by atoms with Gasteiger partial charge in [-0.1, -0.05) is 63.4 Å². The van der Waals surface area contributed by atoms with Crippen molar-refractivity contribution >= 4 is 29.4 Å². The quantitative estimate of drug-likeness (QED) is 0.298. The SMILES string of the molecule is CC(C)[C@H](NC(=O)[C@H](C)NC(=O)[C@@H](Cc1ccccc1)NC(=O)c1ccncc1)C(=O)C(=O)NC1CCCCC1. The molecular formula is C30H39N5O5. The summed E-state index contributed by atoms with van der Waals surface area (Å²) in [6.07, 6.45) is 7.97. The number of pyridine rings is 1. The number of hydrogen-bond donors (Lipinski definition) is 4. The van der Waals surface area contributed by atoms with Gasteiger partial charge in [0.15, 0.2) is 0 Å². The zero-order valence-corrected chi connectivity index (χ0v) is 23.3. The topological polar surface area (TPSA) is 146 Å². The van der Waals surface area contributed by atoms with Crippen molar-refractivity contribution in [3.8, 4) is 0 Å². The second-order valence-electron chi connectivity index (χ2n) is 10.6. The molecule has 0 aliphatic heterocycles. The highest BCUT2D eigenvalue weighted by atomic mass is 16.2. The Hall–Kier alpha value is -4.08. The molecule has 1 saturated carbocycles. The van der Waals surface area contributed by atoms with E-state index in [1.54, 1.807) is 13.8 Å². The first-order valence-electron chi connectivity index (χ1n) is 13.9. The average Bonchev–Trinajstić information content (AvgIpc) is 2.96. The average molecular weight is 550 g/mol. The largest absolute Gasteiger partial charge is 0.347 e. The Morgan fingerprint density at radius 3 is 2.10 bits per heavy atom. The van der Waals surface area contributed by atoms with Crippen molar-refractivity contribution in [1.82, 2.24) is 26.3 Å². The number of ketones is 1. The summed E-state index contributed by atoms with van der Waals surface area (Å²) in [6, 6.07) is 9.20. The van der Waals surface area contributed by atoms with Gasteiger partial charge in [0.05, 0.1) is 6.04 Å². The third-order valence-electron chi connectivity index (χ3n) is 7.01. The van der Waals surface area contributed by atoms with Crippen LogP contribution in [0.25, 0.3) is 0 Å². The van der Waals surface area contributed by atoms with Gasteiger partial charge in [-0.05, 0) is 43.4 Å². The lowest BCUT2D eigenvalue weighted by Crippen LogP contribution is -2.57. The zero-order chi connectivity index (χ0) is 29.1. The van der Waals surface area contributed by atoms with Crippen LogP contribution in [-0.4, -0.2) is 58.6 Å². The Morgan fingerprint density at radius 1 is 0.825 bits per heavy atom. The lowest BCUT2D eigenvalue weighted by Gasteiger charge is -2.26. The first-order chi connectivity index (χ1) is 19.2. The van der Waals surface area contributed by atoms with Crippen LogP contribution in [0.4, 0.5) is 0 Å². The Labute approximate surface area is 235 Å². The predicted molar refractivity (Wildman–Crippen MR) is 150 cm³/mol. The molecule has 40 heavy (non-hydrogen) atoms. The van der Waals surface area contributed by atoms with Crippen molar-refractivity contribution in [3.63, 3.8) is 0 Å². The van der Waals surface area contributed by atoms with Crippen molar-refractivity contribution in [3.05, 3.63) is 66.0 Å². The van der Waals surface area contributed by atoms with Crippen LogP contribution in [0.5, 0.6) is 0 Å². The molecular weight excluding hydrogens is 510 g/mol. The number of benzene rings is 1. The van der Waals surface area contributed by atoms with Crippen molar-refractivity contribution < 1.29 is 24.0 Å². The number of aromatic nitrogens is 1. The smallest absolute Gasteiger partial charge is 0.289 e. The maximum Gasteiger partial charge on any atom is 0.289 e. The summed E-state index contributed by atoms with van der Waals surface area (Å²) in [7, 11) is 0. The summed E-state index contributed by atoms with van der Waals surface area (Å²) in [5.41, 5.74) is 1.17. The number of nitrogens with one attached hydrogen (secondary N) is 4. The Morgan fingerprint density at radius 2 is 1.48 bits per heavy atom. The van der Waals surface area contributed by atoms with E-state index in [2.05, 4.69) is 26.3 Å². The zero-order valence-electron chi connectivity index (χ0n) is 23.3. The van der Waals surface area contributed by atoms with E-state index in [-0.39, 0.29) is 18.4 Å². The third-order valence-corrected chi connectivity index (χ3v) is 7.01. The number of Topliss-reactive ketones (excluding diaryl/α,β-unsaturated/α-hetero) is 1. The summed E-state index contributed by atoms with van der Waals surface area (Å²) in [6.45, 7) is 4.97. The van der Waals surface area contributed by atoms with Crippen molar-refractivity contribution in [2.45, 2.75) is 83.5 Å². The van der Waals surface area contributed by atoms with Gasteiger partial charge in [-0.25, -0.2) is 0 Å². The van der Waals surface area contributed by atoms with Crippen LogP contribution in [0.2, 0.25) is 0 Å². The van der Waals surface area contributed by atoms with Crippen LogP contribution >= 0.6 is 0 Å². The van der Waals surface area contributed by atoms with E-state index in [0.717, 1.165) is 37.7 Å². The minimum absolute atomic E-state index is 0.0316. The summed E-state index contributed by atoms with van der Waals surface area (Å²) >= 11 is 0. The van der Waals surface area contributed by atoms with Crippen molar-refractivity contribution in [1.29, 1.82) is 0 Å². The van der Waals surface area contributed by atoms with E-state index in [4.69, 9.17) is 0 Å². The van der Waals surface area contributed by atoms with Crippen LogP contribution in [0, 0.1) is 5.92 Å². The molecule has 2 aromatic rings. The van der Waals surface area contributed by atoms with E-state index in [1.807, 2.05) is 30.3 Å². The predicted octanol–water partition coefficient (Wildman–Crippen LogP) is 2.09. The molecule has 1 aliphatic carbocycles. The molecule has 10 nitrogen and oxygen atoms in total. The number of carbonyl (C=O) groups is 5. The first kappa shape index (κ1) is 30.5. The van der Waals surface area contributed by atoms with Crippen LogP contribution in [0.15, 0.2) is 54.9 Å². The van der Waals surface area contributed by atoms with Gasteiger partial charge in [0, 0.05) is 30.4 Å². The molecule has 0 spiro atoms. The fourth-order valence-electron chi connectivity index (χ4n) is 4.64. The summed E-state index contributed by atoms with van der Waals surface area (Å²) in [5.74, 6) is -3.38. The number of carbonyl (C=O) groups excluding carboxylic acids is 5. The van der Waals surface area contributed by atoms with Gasteiger partial charge in [0.2, 0.25) is 17.6 Å². The molecule has 1 aliphatic rings. The molecule has 10 heteroatoms. The third kappa shape index (κ3) is 9.00. The first-order valence-corrected chi connectivity index (χ1v) is 13.9. The Bertz CT molecular complexity index is 1170. The van der Waals surface area contributed by atoms with E-state index in [9.17, 15) is 24.0 Å². The van der Waals surface area contributed by atoms with Crippen molar-refractivity contribution in [2.75, 3.05) is 0 Å². The minimum atomic E-state index is -1.04. The molecule has 4 amide bonds. The van der Waals surface area contributed by atoms with E-state index in [0.29, 0.717) is 5.56 Å². The van der Waals surface area contributed by atoms with Gasteiger partial charge in [-0.2, -0.15) is 0 Å². The van der Waals surface area contributed by atoms with Gasteiger partial charge < -0.3 is 21.3 Å². The highest BCUT2D eigenvalue weighted by molar-refractivity contribution is 6.38. The number of rotatable bonds is 12. The van der Waals surface area contributed by atoms with Crippen molar-refractivity contribution in [2.24, 2.45) is 5.92 Å². The second kappa shape index (κ2) is 14.9. The maximum atomic E-state index is 13.3. The van der Waals surface area contributed by atoms with Gasteiger partial charge in [-0.3, -0.25) is 29.0 Å². The second-order valence-corrected chi connectivity index (χ2v) is 10.6. The van der Waals surface area contributed by atoms with Gasteiger partial charge >= 0.3 is 0 Å². The normalized spacial score (nSPS) is 15.8. The molecule has 0 radical (unpaired) electrons. The fraction of sp³-hybridized carbons (Fsp3) is 0.467. The van der Waals surface area contributed by atoms with Crippen LogP contribution in [-0.2, 0) is 25.6 Å². The fourth-order valence-corrected chi connectivity index (χ4v) is 4.64. The highest BCUT2D eigenvalue weighted by Crippen LogP contribution is 2.17.